The molecule has 0 aliphatic rings. The normalized spacial score (nSPS) is 13.4. The van der Waals surface area contributed by atoms with E-state index in [1.807, 2.05) is 0 Å². The number of aliphatic hydroxyl groups excluding tert-OH is 1. The van der Waals surface area contributed by atoms with Crippen LogP contribution < -0.4 is 0 Å². The first kappa shape index (κ1) is 11.7. The lowest BCUT2D eigenvalue weighted by Gasteiger charge is -2.01. The predicted octanol–water partition coefficient (Wildman–Crippen LogP) is 3.14. The Kier molecular flexibility index (Phi) is 9.33. The largest absolute Gasteiger partial charge is 0.396 e. The third-order valence-corrected chi connectivity index (χ3v) is 2.38. The number of alkyl halides is 1. The Bertz CT molecular complexity index is 74.0. The molecule has 0 aliphatic carbocycles. The molecule has 0 fully saturated rings. The molecule has 0 saturated heterocycles. The molecule has 0 bridgehead atoms. The van der Waals surface area contributed by atoms with Crippen molar-refractivity contribution in [3.63, 3.8) is 0 Å². The zero-order chi connectivity index (χ0) is 8.53. The average Bonchev–Trinajstić information content (AvgIpc) is 1.96. The summed E-state index contributed by atoms with van der Waals surface area (Å²) in [4.78, 5) is 0. The van der Waals surface area contributed by atoms with E-state index in [1.54, 1.807) is 0 Å². The number of hydrogen-bond acceptors (Lipinski definition) is 1. The van der Waals surface area contributed by atoms with Crippen LogP contribution in [0.1, 0.15) is 45.4 Å². The molecule has 11 heavy (non-hydrogen) atoms. The van der Waals surface area contributed by atoms with Crippen molar-refractivity contribution >= 4 is 22.6 Å². The summed E-state index contributed by atoms with van der Waals surface area (Å²) in [6, 6.07) is 0. The molecule has 0 amide bonds. The lowest BCUT2D eigenvalue weighted by atomic mass is 10.1. The molecule has 2 heteroatoms. The molecule has 1 nitrogen and oxygen atoms in total. The number of hydrogen-bond donors (Lipinski definition) is 1. The fraction of sp³-hybridized carbons (Fsp3) is 1.00. The van der Waals surface area contributed by atoms with E-state index < -0.39 is 0 Å². The number of aliphatic hydroxyl groups is 1. The highest BCUT2D eigenvalue weighted by molar-refractivity contribution is 14.1. The van der Waals surface area contributed by atoms with Gasteiger partial charge in [0.15, 0.2) is 0 Å². The monoisotopic (exact) mass is 270 g/mol. The molecule has 0 saturated carbocycles. The lowest BCUT2D eigenvalue weighted by molar-refractivity contribution is 0.282. The van der Waals surface area contributed by atoms with E-state index >= 15 is 0 Å². The minimum Gasteiger partial charge on any atom is -0.396 e. The van der Waals surface area contributed by atoms with Crippen molar-refractivity contribution in [3.05, 3.63) is 0 Å². The summed E-state index contributed by atoms with van der Waals surface area (Å²) in [7, 11) is 0. The summed E-state index contributed by atoms with van der Waals surface area (Å²) in [5.41, 5.74) is 0. The number of unbranched alkanes of at least 4 members (excludes halogenated alkanes) is 4. The third-order valence-electron chi connectivity index (χ3n) is 1.76. The van der Waals surface area contributed by atoms with Crippen LogP contribution in [0.15, 0.2) is 0 Å². The number of halogens is 1. The van der Waals surface area contributed by atoms with Gasteiger partial charge in [0.1, 0.15) is 0 Å². The van der Waals surface area contributed by atoms with E-state index in [0.29, 0.717) is 6.61 Å². The Morgan fingerprint density at radius 1 is 1.09 bits per heavy atom. The summed E-state index contributed by atoms with van der Waals surface area (Å²) >= 11 is 2.47. The lowest BCUT2D eigenvalue weighted by Crippen LogP contribution is -1.89. The van der Waals surface area contributed by atoms with Gasteiger partial charge >= 0.3 is 0 Å². The first-order valence-corrected chi connectivity index (χ1v) is 5.77. The van der Waals surface area contributed by atoms with Crippen LogP contribution in [0.4, 0.5) is 0 Å². The molecule has 0 aliphatic heterocycles. The number of rotatable bonds is 7. The van der Waals surface area contributed by atoms with Gasteiger partial charge in [0.25, 0.3) is 0 Å². The Balaban J connectivity index is 2.80. The smallest absolute Gasteiger partial charge is 0.0431 e. The van der Waals surface area contributed by atoms with Gasteiger partial charge in [-0.05, 0) is 12.8 Å². The standard InChI is InChI=1S/C9H19IO/c1-9(10)7-5-3-2-4-6-8-11/h9,11H,2-8H2,1H3/t9-/m1/s1. The molecule has 68 valence electrons. The minimum atomic E-state index is 0.364. The third kappa shape index (κ3) is 10.7. The van der Waals surface area contributed by atoms with Crippen molar-refractivity contribution in [1.82, 2.24) is 0 Å². The SMILES string of the molecule is C[C@@H](I)CCCCCCCO. The topological polar surface area (TPSA) is 20.2 Å². The molecule has 0 rings (SSSR count). The predicted molar refractivity (Wildman–Crippen MR) is 58.3 cm³/mol. The van der Waals surface area contributed by atoms with E-state index in [2.05, 4.69) is 29.5 Å². The van der Waals surface area contributed by atoms with Gasteiger partial charge in [0.05, 0.1) is 0 Å². The zero-order valence-corrected chi connectivity index (χ0v) is 9.51. The second-order valence-electron chi connectivity index (χ2n) is 3.06. The van der Waals surface area contributed by atoms with Gasteiger partial charge in [0, 0.05) is 10.5 Å². The Hall–Kier alpha value is 0.690. The van der Waals surface area contributed by atoms with Crippen molar-refractivity contribution in [2.45, 2.75) is 49.4 Å². The van der Waals surface area contributed by atoms with Gasteiger partial charge in [-0.3, -0.25) is 0 Å². The van der Waals surface area contributed by atoms with Crippen molar-refractivity contribution in [3.8, 4) is 0 Å². The molecular formula is C9H19IO. The van der Waals surface area contributed by atoms with Crippen molar-refractivity contribution in [2.24, 2.45) is 0 Å². The molecule has 1 atom stereocenters. The summed E-state index contributed by atoms with van der Waals surface area (Å²) in [5.74, 6) is 0. The molecule has 0 radical (unpaired) electrons. The van der Waals surface area contributed by atoms with E-state index in [-0.39, 0.29) is 0 Å². The maximum atomic E-state index is 8.51. The highest BCUT2D eigenvalue weighted by atomic mass is 127. The first-order valence-electron chi connectivity index (χ1n) is 4.52. The fourth-order valence-corrected chi connectivity index (χ4v) is 1.51. The molecular weight excluding hydrogens is 251 g/mol. The second-order valence-corrected chi connectivity index (χ2v) is 5.19. The maximum Gasteiger partial charge on any atom is 0.0431 e. The molecule has 0 aromatic heterocycles. The van der Waals surface area contributed by atoms with Gasteiger partial charge in [-0.1, -0.05) is 55.2 Å². The Morgan fingerprint density at radius 3 is 2.18 bits per heavy atom. The summed E-state index contributed by atoms with van der Waals surface area (Å²) in [6.45, 7) is 2.62. The molecule has 0 spiro atoms. The first-order chi connectivity index (χ1) is 5.27. The summed E-state index contributed by atoms with van der Waals surface area (Å²) in [5, 5.41) is 8.51. The maximum absolute atomic E-state index is 8.51. The van der Waals surface area contributed by atoms with E-state index in [1.165, 1.54) is 32.1 Å². The van der Waals surface area contributed by atoms with Gasteiger partial charge in [-0.2, -0.15) is 0 Å². The molecule has 1 N–H and O–H groups in total. The quantitative estimate of drug-likeness (QED) is 0.428. The molecule has 0 heterocycles. The Morgan fingerprint density at radius 2 is 1.64 bits per heavy atom. The summed E-state index contributed by atoms with van der Waals surface area (Å²) in [6.07, 6.45) is 7.53. The highest BCUT2D eigenvalue weighted by Gasteiger charge is 1.94. The highest BCUT2D eigenvalue weighted by Crippen LogP contribution is 2.11. The minimum absolute atomic E-state index is 0.364. The Labute approximate surface area is 83.7 Å². The molecule has 0 aromatic carbocycles. The van der Waals surface area contributed by atoms with E-state index in [4.69, 9.17) is 5.11 Å². The van der Waals surface area contributed by atoms with Crippen LogP contribution in [0.5, 0.6) is 0 Å². The van der Waals surface area contributed by atoms with Crippen molar-refractivity contribution < 1.29 is 5.11 Å². The van der Waals surface area contributed by atoms with Crippen LogP contribution in [0, 0.1) is 0 Å². The fourth-order valence-electron chi connectivity index (χ4n) is 1.07. The van der Waals surface area contributed by atoms with Crippen LogP contribution in [0.3, 0.4) is 0 Å². The van der Waals surface area contributed by atoms with E-state index in [9.17, 15) is 0 Å². The molecule has 0 aromatic rings. The van der Waals surface area contributed by atoms with Gasteiger partial charge < -0.3 is 5.11 Å². The van der Waals surface area contributed by atoms with Crippen LogP contribution in [0.2, 0.25) is 0 Å². The van der Waals surface area contributed by atoms with Gasteiger partial charge in [-0.25, -0.2) is 0 Å². The van der Waals surface area contributed by atoms with Gasteiger partial charge in [-0.15, -0.1) is 0 Å². The van der Waals surface area contributed by atoms with Gasteiger partial charge in [0.2, 0.25) is 0 Å². The van der Waals surface area contributed by atoms with Crippen LogP contribution in [-0.4, -0.2) is 15.6 Å². The zero-order valence-electron chi connectivity index (χ0n) is 7.35. The molecule has 0 unspecified atom stereocenters. The van der Waals surface area contributed by atoms with Crippen molar-refractivity contribution in [1.29, 1.82) is 0 Å². The average molecular weight is 270 g/mol. The summed E-state index contributed by atoms with van der Waals surface area (Å²) < 4.78 is 0.824. The van der Waals surface area contributed by atoms with Crippen LogP contribution in [-0.2, 0) is 0 Å². The van der Waals surface area contributed by atoms with Crippen LogP contribution in [0.25, 0.3) is 0 Å². The van der Waals surface area contributed by atoms with E-state index in [0.717, 1.165) is 10.3 Å². The second kappa shape index (κ2) is 8.78. The van der Waals surface area contributed by atoms with Crippen LogP contribution >= 0.6 is 22.6 Å². The van der Waals surface area contributed by atoms with Crippen molar-refractivity contribution in [2.75, 3.05) is 6.61 Å².